The van der Waals surface area contributed by atoms with Crippen LogP contribution in [0.4, 0.5) is 4.79 Å². The summed E-state index contributed by atoms with van der Waals surface area (Å²) in [6.07, 6.45) is -0.819. The maximum absolute atomic E-state index is 11.7. The third-order valence-electron chi connectivity index (χ3n) is 2.30. The van der Waals surface area contributed by atoms with Crippen LogP contribution in [0.3, 0.4) is 0 Å². The molecule has 0 atom stereocenters. The maximum Gasteiger partial charge on any atom is 0.419 e. The summed E-state index contributed by atoms with van der Waals surface area (Å²) in [5, 5.41) is 2.14. The van der Waals surface area contributed by atoms with Crippen molar-refractivity contribution in [2.75, 3.05) is 0 Å². The first-order valence-corrected chi connectivity index (χ1v) is 5.97. The van der Waals surface area contributed by atoms with E-state index >= 15 is 0 Å². The standard InChI is InChI=1S/C14H11NO3S/c16-13(10-4-2-1-3-5-10)15-14(17)18-11-6-8-12(19)9-7-11/h1-9,19H,(H,15,16,17). The molecule has 96 valence electrons. The molecule has 0 radical (unpaired) electrons. The van der Waals surface area contributed by atoms with Crippen molar-refractivity contribution in [2.45, 2.75) is 4.90 Å². The Morgan fingerprint density at radius 3 is 2.21 bits per heavy atom. The molecular weight excluding hydrogens is 262 g/mol. The minimum absolute atomic E-state index is 0.344. The van der Waals surface area contributed by atoms with Crippen LogP contribution in [-0.2, 0) is 0 Å². The van der Waals surface area contributed by atoms with Gasteiger partial charge in [-0.3, -0.25) is 10.1 Å². The molecule has 2 aromatic carbocycles. The summed E-state index contributed by atoms with van der Waals surface area (Å²) in [6.45, 7) is 0. The molecule has 0 fully saturated rings. The van der Waals surface area contributed by atoms with Gasteiger partial charge in [0.15, 0.2) is 0 Å². The second kappa shape index (κ2) is 6.06. The van der Waals surface area contributed by atoms with E-state index in [4.69, 9.17) is 4.74 Å². The number of carbonyl (C=O) groups excluding carboxylic acids is 2. The smallest absolute Gasteiger partial charge is 0.410 e. The van der Waals surface area contributed by atoms with E-state index in [1.807, 2.05) is 0 Å². The van der Waals surface area contributed by atoms with Gasteiger partial charge < -0.3 is 4.74 Å². The highest BCUT2D eigenvalue weighted by Crippen LogP contribution is 2.14. The molecule has 2 rings (SSSR count). The van der Waals surface area contributed by atoms with Gasteiger partial charge in [0.1, 0.15) is 5.75 Å². The third kappa shape index (κ3) is 3.86. The Balaban J connectivity index is 1.95. The van der Waals surface area contributed by atoms with E-state index in [-0.39, 0.29) is 0 Å². The highest BCUT2D eigenvalue weighted by molar-refractivity contribution is 7.80. The average molecular weight is 273 g/mol. The fraction of sp³-hybridized carbons (Fsp3) is 0. The van der Waals surface area contributed by atoms with Gasteiger partial charge in [0.05, 0.1) is 0 Å². The van der Waals surface area contributed by atoms with Gasteiger partial charge in [-0.2, -0.15) is 0 Å². The van der Waals surface area contributed by atoms with Gasteiger partial charge in [-0.05, 0) is 36.4 Å². The van der Waals surface area contributed by atoms with E-state index in [1.54, 1.807) is 54.6 Å². The van der Waals surface area contributed by atoms with Gasteiger partial charge in [0, 0.05) is 10.5 Å². The van der Waals surface area contributed by atoms with E-state index < -0.39 is 12.0 Å². The number of ether oxygens (including phenoxy) is 1. The molecule has 1 N–H and O–H groups in total. The number of amides is 2. The number of rotatable bonds is 2. The SMILES string of the molecule is O=C(NC(=O)c1ccccc1)Oc1ccc(S)cc1. The molecule has 0 saturated heterocycles. The number of imide groups is 1. The summed E-state index contributed by atoms with van der Waals surface area (Å²) >= 11 is 4.12. The maximum atomic E-state index is 11.7. The van der Waals surface area contributed by atoms with E-state index in [9.17, 15) is 9.59 Å². The lowest BCUT2D eigenvalue weighted by molar-refractivity contribution is 0.0951. The molecule has 2 aromatic rings. The lowest BCUT2D eigenvalue weighted by atomic mass is 10.2. The van der Waals surface area contributed by atoms with Gasteiger partial charge in [-0.1, -0.05) is 18.2 Å². The highest BCUT2D eigenvalue weighted by Gasteiger charge is 2.11. The lowest BCUT2D eigenvalue weighted by Crippen LogP contribution is -2.32. The first-order valence-electron chi connectivity index (χ1n) is 5.52. The first kappa shape index (κ1) is 13.2. The number of benzene rings is 2. The number of thiol groups is 1. The first-order chi connectivity index (χ1) is 9.15. The molecule has 0 aliphatic heterocycles. The van der Waals surface area contributed by atoms with Crippen molar-refractivity contribution < 1.29 is 14.3 Å². The van der Waals surface area contributed by atoms with Crippen LogP contribution < -0.4 is 10.1 Å². The lowest BCUT2D eigenvalue weighted by Gasteiger charge is -2.05. The summed E-state index contributed by atoms with van der Waals surface area (Å²) in [7, 11) is 0. The van der Waals surface area contributed by atoms with Crippen LogP contribution in [0.2, 0.25) is 0 Å². The van der Waals surface area contributed by atoms with Crippen LogP contribution >= 0.6 is 12.6 Å². The number of hydrogen-bond donors (Lipinski definition) is 2. The monoisotopic (exact) mass is 273 g/mol. The van der Waals surface area contributed by atoms with Crippen molar-refractivity contribution in [3.63, 3.8) is 0 Å². The Kier molecular flexibility index (Phi) is 4.20. The third-order valence-corrected chi connectivity index (χ3v) is 2.60. The summed E-state index contributed by atoms with van der Waals surface area (Å²) in [5.41, 5.74) is 0.394. The van der Waals surface area contributed by atoms with E-state index in [2.05, 4.69) is 17.9 Å². The Morgan fingerprint density at radius 1 is 0.947 bits per heavy atom. The molecular formula is C14H11NO3S. The normalized spacial score (nSPS) is 9.74. The Bertz CT molecular complexity index is 581. The molecule has 0 aromatic heterocycles. The number of nitrogens with one attached hydrogen (secondary N) is 1. The van der Waals surface area contributed by atoms with Crippen molar-refractivity contribution in [3.8, 4) is 5.75 Å². The van der Waals surface area contributed by atoms with Gasteiger partial charge in [0.2, 0.25) is 0 Å². The molecule has 0 spiro atoms. The Morgan fingerprint density at radius 2 is 1.58 bits per heavy atom. The molecule has 0 unspecified atom stereocenters. The van der Waals surface area contributed by atoms with Gasteiger partial charge in [0.25, 0.3) is 5.91 Å². The molecule has 0 aliphatic carbocycles. The summed E-state index contributed by atoms with van der Waals surface area (Å²) in [4.78, 5) is 23.9. The van der Waals surface area contributed by atoms with Crippen LogP contribution in [0.25, 0.3) is 0 Å². The summed E-state index contributed by atoms with van der Waals surface area (Å²) in [5.74, 6) is -0.160. The molecule has 5 heteroatoms. The highest BCUT2D eigenvalue weighted by atomic mass is 32.1. The van der Waals surface area contributed by atoms with Crippen molar-refractivity contribution in [1.29, 1.82) is 0 Å². The summed E-state index contributed by atoms with van der Waals surface area (Å²) in [6, 6.07) is 15.0. The molecule has 4 nitrogen and oxygen atoms in total. The second-order valence-corrected chi connectivity index (χ2v) is 4.22. The van der Waals surface area contributed by atoms with Crippen molar-refractivity contribution >= 4 is 24.6 Å². The predicted octanol–water partition coefficient (Wildman–Crippen LogP) is 2.90. The van der Waals surface area contributed by atoms with Gasteiger partial charge in [-0.15, -0.1) is 12.6 Å². The second-order valence-electron chi connectivity index (χ2n) is 3.70. The summed E-state index contributed by atoms with van der Waals surface area (Å²) < 4.78 is 4.96. The molecule has 0 heterocycles. The van der Waals surface area contributed by atoms with E-state index in [0.29, 0.717) is 11.3 Å². The molecule has 2 amide bonds. The fourth-order valence-corrected chi connectivity index (χ4v) is 1.55. The predicted molar refractivity (Wildman–Crippen MR) is 73.6 cm³/mol. The minimum Gasteiger partial charge on any atom is -0.410 e. The van der Waals surface area contributed by atoms with Crippen LogP contribution in [0.5, 0.6) is 5.75 Å². The molecule has 19 heavy (non-hydrogen) atoms. The number of hydrogen-bond acceptors (Lipinski definition) is 4. The van der Waals surface area contributed by atoms with Crippen molar-refractivity contribution in [3.05, 3.63) is 60.2 Å². The van der Waals surface area contributed by atoms with Crippen LogP contribution in [0.1, 0.15) is 10.4 Å². The Hall–Kier alpha value is -2.27. The quantitative estimate of drug-likeness (QED) is 0.827. The Labute approximate surface area is 115 Å². The van der Waals surface area contributed by atoms with Crippen molar-refractivity contribution in [2.24, 2.45) is 0 Å². The largest absolute Gasteiger partial charge is 0.419 e. The van der Waals surface area contributed by atoms with Gasteiger partial charge in [-0.25, -0.2) is 4.79 Å². The van der Waals surface area contributed by atoms with E-state index in [1.165, 1.54) is 0 Å². The topological polar surface area (TPSA) is 55.4 Å². The van der Waals surface area contributed by atoms with Crippen LogP contribution in [-0.4, -0.2) is 12.0 Å². The van der Waals surface area contributed by atoms with Crippen LogP contribution in [0, 0.1) is 0 Å². The minimum atomic E-state index is -0.819. The van der Waals surface area contributed by atoms with Gasteiger partial charge >= 0.3 is 6.09 Å². The van der Waals surface area contributed by atoms with E-state index in [0.717, 1.165) is 4.90 Å². The zero-order valence-corrected chi connectivity index (χ0v) is 10.8. The molecule has 0 saturated carbocycles. The molecule has 0 bridgehead atoms. The fourth-order valence-electron chi connectivity index (χ4n) is 1.40. The van der Waals surface area contributed by atoms with Crippen molar-refractivity contribution in [1.82, 2.24) is 5.32 Å². The molecule has 0 aliphatic rings. The zero-order valence-electron chi connectivity index (χ0n) is 9.87. The number of carbonyl (C=O) groups is 2. The zero-order chi connectivity index (χ0) is 13.7. The average Bonchev–Trinajstić information content (AvgIpc) is 2.42. The van der Waals surface area contributed by atoms with Crippen LogP contribution in [0.15, 0.2) is 59.5 Å².